The minimum atomic E-state index is -0.957. The fraction of sp³-hybridized carbons (Fsp3) is 0.375. The van der Waals surface area contributed by atoms with Gasteiger partial charge in [-0.05, 0) is 25.0 Å². The zero-order valence-electron chi connectivity index (χ0n) is 12.5. The van der Waals surface area contributed by atoms with Gasteiger partial charge in [0.1, 0.15) is 6.26 Å². The van der Waals surface area contributed by atoms with Crippen LogP contribution >= 0.6 is 0 Å². The Morgan fingerprint density at radius 3 is 2.67 bits per heavy atom. The molecule has 2 N–H and O–H groups in total. The Labute approximate surface area is 124 Å². The molecule has 2 rings (SSSR count). The Bertz CT molecular complexity index is 603. The number of rotatable bonds is 5. The third-order valence-corrected chi connectivity index (χ3v) is 3.61. The number of carbonyl (C=O) groups is 1. The van der Waals surface area contributed by atoms with Crippen molar-refractivity contribution in [3.63, 3.8) is 0 Å². The molecule has 1 amide bonds. The van der Waals surface area contributed by atoms with E-state index < -0.39 is 5.60 Å². The molecule has 1 atom stereocenters. The summed E-state index contributed by atoms with van der Waals surface area (Å²) in [4.78, 5) is 16.2. The minimum absolute atomic E-state index is 0.0370. The van der Waals surface area contributed by atoms with Crippen LogP contribution in [0.1, 0.15) is 31.3 Å². The van der Waals surface area contributed by atoms with Crippen molar-refractivity contribution in [2.75, 3.05) is 6.54 Å². The van der Waals surface area contributed by atoms with Crippen LogP contribution in [0, 0.1) is 5.92 Å². The van der Waals surface area contributed by atoms with Crippen molar-refractivity contribution in [2.45, 2.75) is 26.4 Å². The average Bonchev–Trinajstić information content (AvgIpc) is 2.95. The maximum Gasteiger partial charge on any atom is 0.273 e. The monoisotopic (exact) mass is 288 g/mol. The predicted molar refractivity (Wildman–Crippen MR) is 79.7 cm³/mol. The Kier molecular flexibility index (Phi) is 4.43. The van der Waals surface area contributed by atoms with E-state index in [4.69, 9.17) is 4.42 Å². The van der Waals surface area contributed by atoms with Crippen molar-refractivity contribution in [1.82, 2.24) is 10.3 Å². The molecule has 1 aromatic carbocycles. The lowest BCUT2D eigenvalue weighted by Crippen LogP contribution is -2.44. The number of oxazole rings is 1. The zero-order valence-corrected chi connectivity index (χ0v) is 12.5. The van der Waals surface area contributed by atoms with E-state index >= 15 is 0 Å². The molecule has 0 fully saturated rings. The van der Waals surface area contributed by atoms with Gasteiger partial charge in [-0.25, -0.2) is 4.98 Å². The van der Waals surface area contributed by atoms with Crippen molar-refractivity contribution in [2.24, 2.45) is 5.92 Å². The molecule has 0 radical (unpaired) electrons. The number of hydrogen-bond acceptors (Lipinski definition) is 4. The van der Waals surface area contributed by atoms with Gasteiger partial charge in [0, 0.05) is 12.1 Å². The number of benzene rings is 1. The highest BCUT2D eigenvalue weighted by Gasteiger charge is 2.26. The van der Waals surface area contributed by atoms with Crippen LogP contribution in [-0.4, -0.2) is 28.1 Å². The van der Waals surface area contributed by atoms with E-state index in [2.05, 4.69) is 10.3 Å². The minimum Gasteiger partial charge on any atom is -0.444 e. The second-order valence-electron chi connectivity index (χ2n) is 5.60. The molecule has 5 nitrogen and oxygen atoms in total. The summed E-state index contributed by atoms with van der Waals surface area (Å²) >= 11 is 0. The highest BCUT2D eigenvalue weighted by molar-refractivity contribution is 5.92. The Morgan fingerprint density at radius 2 is 2.05 bits per heavy atom. The lowest BCUT2D eigenvalue weighted by molar-refractivity contribution is 0.0142. The molecule has 1 heterocycles. The van der Waals surface area contributed by atoms with Crippen molar-refractivity contribution >= 4 is 5.91 Å². The molecule has 2 aromatic rings. The van der Waals surface area contributed by atoms with Crippen molar-refractivity contribution < 1.29 is 14.3 Å². The molecular formula is C16H20N2O3. The summed E-state index contributed by atoms with van der Waals surface area (Å²) in [6.45, 7) is 5.65. The van der Waals surface area contributed by atoms with Crippen LogP contribution in [0.4, 0.5) is 0 Å². The lowest BCUT2D eigenvalue weighted by Gasteiger charge is -2.27. The van der Waals surface area contributed by atoms with Crippen molar-refractivity contribution in [3.8, 4) is 11.5 Å². The molecule has 0 aliphatic carbocycles. The maximum atomic E-state index is 12.0. The van der Waals surface area contributed by atoms with E-state index in [0.717, 1.165) is 5.56 Å². The molecule has 21 heavy (non-hydrogen) atoms. The second-order valence-corrected chi connectivity index (χ2v) is 5.60. The highest BCUT2D eigenvalue weighted by atomic mass is 16.3. The molecular weight excluding hydrogens is 268 g/mol. The normalized spacial score (nSPS) is 14.0. The maximum absolute atomic E-state index is 12.0. The summed E-state index contributed by atoms with van der Waals surface area (Å²) in [6, 6.07) is 9.36. The first-order chi connectivity index (χ1) is 9.90. The van der Waals surface area contributed by atoms with Crippen LogP contribution in [0.15, 0.2) is 41.0 Å². The van der Waals surface area contributed by atoms with Gasteiger partial charge in [0.2, 0.25) is 5.89 Å². The molecule has 0 spiro atoms. The molecule has 0 bridgehead atoms. The Balaban J connectivity index is 2.03. The quantitative estimate of drug-likeness (QED) is 0.886. The molecule has 0 saturated carbocycles. The van der Waals surface area contributed by atoms with Gasteiger partial charge in [-0.1, -0.05) is 32.0 Å². The van der Waals surface area contributed by atoms with Crippen LogP contribution in [0.3, 0.4) is 0 Å². The summed E-state index contributed by atoms with van der Waals surface area (Å²) in [6.07, 6.45) is 1.32. The summed E-state index contributed by atoms with van der Waals surface area (Å²) in [5.41, 5.74) is 0.0564. The van der Waals surface area contributed by atoms with E-state index in [1.54, 1.807) is 6.92 Å². The Hall–Kier alpha value is -2.14. The third kappa shape index (κ3) is 3.70. The van der Waals surface area contributed by atoms with Gasteiger partial charge in [0.15, 0.2) is 5.69 Å². The highest BCUT2D eigenvalue weighted by Crippen LogP contribution is 2.18. The van der Waals surface area contributed by atoms with E-state index in [0.29, 0.717) is 5.89 Å². The van der Waals surface area contributed by atoms with Gasteiger partial charge in [0.05, 0.1) is 5.60 Å². The SMILES string of the molecule is CC(C)C(C)(O)CNC(=O)c1coc(-c2ccccc2)n1. The third-order valence-electron chi connectivity index (χ3n) is 3.61. The molecule has 0 aliphatic heterocycles. The first-order valence-electron chi connectivity index (χ1n) is 6.91. The summed E-state index contributed by atoms with van der Waals surface area (Å²) in [5.74, 6) is 0.0771. The number of carbonyl (C=O) groups excluding carboxylic acids is 1. The summed E-state index contributed by atoms with van der Waals surface area (Å²) in [5, 5.41) is 12.8. The van der Waals surface area contributed by atoms with Crippen LogP contribution in [-0.2, 0) is 0 Å². The van der Waals surface area contributed by atoms with Crippen LogP contribution in [0.5, 0.6) is 0 Å². The van der Waals surface area contributed by atoms with Crippen LogP contribution in [0.2, 0.25) is 0 Å². The van der Waals surface area contributed by atoms with Gasteiger partial charge in [-0.2, -0.15) is 0 Å². The number of aliphatic hydroxyl groups is 1. The summed E-state index contributed by atoms with van der Waals surface area (Å²) < 4.78 is 5.32. The van der Waals surface area contributed by atoms with Gasteiger partial charge in [0.25, 0.3) is 5.91 Å². The zero-order chi connectivity index (χ0) is 15.5. The number of nitrogens with one attached hydrogen (secondary N) is 1. The predicted octanol–water partition coefficient (Wildman–Crippen LogP) is 2.48. The number of nitrogens with zero attached hydrogens (tertiary/aromatic N) is 1. The smallest absolute Gasteiger partial charge is 0.273 e. The van der Waals surface area contributed by atoms with Crippen LogP contribution < -0.4 is 5.32 Å². The molecule has 112 valence electrons. The standard InChI is InChI=1S/C16H20N2O3/c1-11(2)16(3,20)10-17-14(19)13-9-21-15(18-13)12-7-5-4-6-8-12/h4-9,11,20H,10H2,1-3H3,(H,17,19). The van der Waals surface area contributed by atoms with Gasteiger partial charge < -0.3 is 14.8 Å². The number of amides is 1. The van der Waals surface area contributed by atoms with Gasteiger partial charge in [-0.15, -0.1) is 0 Å². The van der Waals surface area contributed by atoms with E-state index in [1.165, 1.54) is 6.26 Å². The molecule has 0 aliphatic rings. The molecule has 5 heteroatoms. The first-order valence-corrected chi connectivity index (χ1v) is 6.91. The summed E-state index contributed by atoms with van der Waals surface area (Å²) in [7, 11) is 0. The van der Waals surface area contributed by atoms with Crippen molar-refractivity contribution in [3.05, 3.63) is 42.3 Å². The largest absolute Gasteiger partial charge is 0.444 e. The second kappa shape index (κ2) is 6.10. The van der Waals surface area contributed by atoms with E-state index in [9.17, 15) is 9.90 Å². The average molecular weight is 288 g/mol. The fourth-order valence-electron chi connectivity index (χ4n) is 1.65. The Morgan fingerprint density at radius 1 is 1.38 bits per heavy atom. The number of hydrogen-bond donors (Lipinski definition) is 2. The molecule has 1 aromatic heterocycles. The van der Waals surface area contributed by atoms with Crippen LogP contribution in [0.25, 0.3) is 11.5 Å². The lowest BCUT2D eigenvalue weighted by atomic mass is 9.92. The first kappa shape index (κ1) is 15.3. The van der Waals surface area contributed by atoms with Gasteiger partial charge in [-0.3, -0.25) is 4.79 Å². The molecule has 0 saturated heterocycles. The fourth-order valence-corrected chi connectivity index (χ4v) is 1.65. The van der Waals surface area contributed by atoms with Crippen molar-refractivity contribution in [1.29, 1.82) is 0 Å². The topological polar surface area (TPSA) is 75.4 Å². The van der Waals surface area contributed by atoms with Gasteiger partial charge >= 0.3 is 0 Å². The van der Waals surface area contributed by atoms with E-state index in [-0.39, 0.29) is 24.1 Å². The number of aromatic nitrogens is 1. The van der Waals surface area contributed by atoms with E-state index in [1.807, 2.05) is 44.2 Å². The molecule has 1 unspecified atom stereocenters.